The van der Waals surface area contributed by atoms with Crippen molar-refractivity contribution in [2.75, 3.05) is 6.54 Å². The van der Waals surface area contributed by atoms with Gasteiger partial charge in [-0.05, 0) is 47.9 Å². The number of rotatable bonds is 7. The number of hydrogen-bond acceptors (Lipinski definition) is 3. The molecule has 2 nitrogen and oxygen atoms in total. The van der Waals surface area contributed by atoms with Crippen LogP contribution in [-0.4, -0.2) is 11.6 Å². The Morgan fingerprint density at radius 1 is 0.840 bits per heavy atom. The van der Waals surface area contributed by atoms with Crippen LogP contribution in [0.1, 0.15) is 11.1 Å². The Morgan fingerprint density at radius 2 is 1.60 bits per heavy atom. The van der Waals surface area contributed by atoms with Gasteiger partial charge in [-0.1, -0.05) is 60.1 Å². The first-order chi connectivity index (χ1) is 12.2. The topological polar surface area (TPSA) is 12.5 Å². The zero-order chi connectivity index (χ0) is 17.5. The SMILES string of the molecule is Sc1cccc(ON(CCc2cccc(Cl)c2)Cc2ccccc2)c1. The van der Waals surface area contributed by atoms with Gasteiger partial charge in [0.25, 0.3) is 0 Å². The fraction of sp³-hybridized carbons (Fsp3) is 0.143. The van der Waals surface area contributed by atoms with E-state index in [9.17, 15) is 0 Å². The van der Waals surface area contributed by atoms with Crippen LogP contribution < -0.4 is 4.84 Å². The minimum absolute atomic E-state index is 0.707. The third-order valence-corrected chi connectivity index (χ3v) is 4.31. The first-order valence-electron chi connectivity index (χ1n) is 8.19. The summed E-state index contributed by atoms with van der Waals surface area (Å²) in [5.41, 5.74) is 2.40. The van der Waals surface area contributed by atoms with E-state index in [-0.39, 0.29) is 0 Å². The molecular weight excluding hydrogens is 350 g/mol. The minimum atomic E-state index is 0.707. The second kappa shape index (κ2) is 8.95. The lowest BCUT2D eigenvalue weighted by atomic mass is 10.1. The van der Waals surface area contributed by atoms with Crippen molar-refractivity contribution < 1.29 is 4.84 Å². The molecule has 0 saturated heterocycles. The Kier molecular flexibility index (Phi) is 6.40. The van der Waals surface area contributed by atoms with Crippen LogP contribution in [0.3, 0.4) is 0 Å². The van der Waals surface area contributed by atoms with E-state index in [1.807, 2.05) is 65.7 Å². The van der Waals surface area contributed by atoms with Crippen molar-refractivity contribution in [1.29, 1.82) is 0 Å². The summed E-state index contributed by atoms with van der Waals surface area (Å²) in [6.45, 7) is 1.46. The van der Waals surface area contributed by atoms with Gasteiger partial charge in [-0.15, -0.1) is 17.7 Å². The molecule has 4 heteroatoms. The molecule has 0 saturated carbocycles. The van der Waals surface area contributed by atoms with Crippen LogP contribution in [0.15, 0.2) is 83.8 Å². The average Bonchev–Trinajstić information content (AvgIpc) is 2.61. The summed E-state index contributed by atoms with van der Waals surface area (Å²) in [6, 6.07) is 26.0. The van der Waals surface area contributed by atoms with Crippen LogP contribution in [0, 0.1) is 0 Å². The van der Waals surface area contributed by atoms with E-state index in [0.717, 1.165) is 28.6 Å². The highest BCUT2D eigenvalue weighted by molar-refractivity contribution is 7.80. The highest BCUT2D eigenvalue weighted by atomic mass is 35.5. The molecule has 0 atom stereocenters. The van der Waals surface area contributed by atoms with E-state index in [2.05, 4.69) is 30.8 Å². The summed E-state index contributed by atoms with van der Waals surface area (Å²) < 4.78 is 0. The fourth-order valence-electron chi connectivity index (χ4n) is 2.58. The van der Waals surface area contributed by atoms with Gasteiger partial charge in [-0.2, -0.15) is 0 Å². The van der Waals surface area contributed by atoms with Crippen molar-refractivity contribution in [3.05, 3.63) is 95.0 Å². The predicted molar refractivity (Wildman–Crippen MR) is 106 cm³/mol. The average molecular weight is 370 g/mol. The van der Waals surface area contributed by atoms with E-state index in [0.29, 0.717) is 6.54 Å². The molecule has 128 valence electrons. The second-order valence-electron chi connectivity index (χ2n) is 5.82. The highest BCUT2D eigenvalue weighted by Gasteiger charge is 2.09. The molecule has 0 heterocycles. The molecule has 0 fully saturated rings. The van der Waals surface area contributed by atoms with Gasteiger partial charge < -0.3 is 4.84 Å². The van der Waals surface area contributed by atoms with Gasteiger partial charge >= 0.3 is 0 Å². The standard InChI is InChI=1S/C21H20ClNOS/c22-19-9-4-8-17(14-19)12-13-23(16-18-6-2-1-3-7-18)24-20-10-5-11-21(25)15-20/h1-11,14-15,25H,12-13,16H2. The molecule has 0 N–H and O–H groups in total. The lowest BCUT2D eigenvalue weighted by molar-refractivity contribution is -0.0662. The summed E-state index contributed by atoms with van der Waals surface area (Å²) in [6.07, 6.45) is 0.855. The maximum absolute atomic E-state index is 6.10. The second-order valence-corrected chi connectivity index (χ2v) is 6.77. The predicted octanol–water partition coefficient (Wildman–Crippen LogP) is 5.67. The van der Waals surface area contributed by atoms with E-state index < -0.39 is 0 Å². The largest absolute Gasteiger partial charge is 0.406 e. The van der Waals surface area contributed by atoms with Crippen molar-refractivity contribution in [2.45, 2.75) is 17.9 Å². The number of halogens is 1. The first-order valence-corrected chi connectivity index (χ1v) is 9.02. The Balaban J connectivity index is 1.71. The molecule has 0 aliphatic carbocycles. The van der Waals surface area contributed by atoms with Crippen molar-refractivity contribution in [2.24, 2.45) is 0 Å². The Morgan fingerprint density at radius 3 is 2.36 bits per heavy atom. The third kappa shape index (κ3) is 5.82. The zero-order valence-electron chi connectivity index (χ0n) is 13.8. The van der Waals surface area contributed by atoms with E-state index in [1.165, 1.54) is 11.1 Å². The molecule has 0 aliphatic heterocycles. The van der Waals surface area contributed by atoms with Crippen molar-refractivity contribution >= 4 is 24.2 Å². The smallest absolute Gasteiger partial charge is 0.148 e. The molecule has 3 aromatic rings. The Hall–Kier alpha value is -1.94. The summed E-state index contributed by atoms with van der Waals surface area (Å²) in [5, 5.41) is 2.73. The molecule has 0 amide bonds. The molecule has 0 bridgehead atoms. The van der Waals surface area contributed by atoms with E-state index in [1.54, 1.807) is 0 Å². The van der Waals surface area contributed by atoms with Gasteiger partial charge in [0.2, 0.25) is 0 Å². The van der Waals surface area contributed by atoms with Gasteiger partial charge in [0.15, 0.2) is 0 Å². The first kappa shape index (κ1) is 17.9. The molecular formula is C21H20ClNOS. The van der Waals surface area contributed by atoms with Crippen LogP contribution >= 0.6 is 24.2 Å². The van der Waals surface area contributed by atoms with Crippen LogP contribution in [0.5, 0.6) is 5.75 Å². The maximum Gasteiger partial charge on any atom is 0.148 e. The highest BCUT2D eigenvalue weighted by Crippen LogP contribution is 2.19. The summed E-state index contributed by atoms with van der Waals surface area (Å²) in [4.78, 5) is 6.98. The maximum atomic E-state index is 6.10. The number of nitrogens with zero attached hydrogens (tertiary/aromatic N) is 1. The summed E-state index contributed by atoms with van der Waals surface area (Å²) in [7, 11) is 0. The molecule has 0 radical (unpaired) electrons. The van der Waals surface area contributed by atoms with Gasteiger partial charge in [-0.25, -0.2) is 0 Å². The van der Waals surface area contributed by atoms with Crippen LogP contribution in [0.4, 0.5) is 0 Å². The molecule has 0 aromatic heterocycles. The fourth-order valence-corrected chi connectivity index (χ4v) is 3.01. The van der Waals surface area contributed by atoms with Gasteiger partial charge in [0.05, 0.1) is 6.54 Å². The van der Waals surface area contributed by atoms with E-state index >= 15 is 0 Å². The van der Waals surface area contributed by atoms with Gasteiger partial charge in [0, 0.05) is 16.5 Å². The van der Waals surface area contributed by atoms with E-state index in [4.69, 9.17) is 16.4 Å². The van der Waals surface area contributed by atoms with Gasteiger partial charge in [-0.3, -0.25) is 0 Å². The molecule has 0 aliphatic rings. The lowest BCUT2D eigenvalue weighted by Crippen LogP contribution is -2.29. The number of benzene rings is 3. The number of thiol groups is 1. The van der Waals surface area contributed by atoms with Crippen molar-refractivity contribution in [1.82, 2.24) is 5.06 Å². The molecule has 3 aromatic carbocycles. The number of hydrogen-bond donors (Lipinski definition) is 1. The molecule has 3 rings (SSSR count). The van der Waals surface area contributed by atoms with Crippen molar-refractivity contribution in [3.63, 3.8) is 0 Å². The van der Waals surface area contributed by atoms with Gasteiger partial charge in [0.1, 0.15) is 5.75 Å². The van der Waals surface area contributed by atoms with Crippen LogP contribution in [-0.2, 0) is 13.0 Å². The minimum Gasteiger partial charge on any atom is -0.406 e. The summed E-state index contributed by atoms with van der Waals surface area (Å²) in [5.74, 6) is 0.787. The quantitative estimate of drug-likeness (QED) is 0.425. The molecule has 25 heavy (non-hydrogen) atoms. The lowest BCUT2D eigenvalue weighted by Gasteiger charge is -2.23. The summed E-state index contributed by atoms with van der Waals surface area (Å²) >= 11 is 10.5. The Labute approximate surface area is 159 Å². The Bertz CT molecular complexity index is 810. The van der Waals surface area contributed by atoms with Crippen LogP contribution in [0.2, 0.25) is 5.02 Å². The monoisotopic (exact) mass is 369 g/mol. The number of hydroxylamine groups is 2. The normalized spacial score (nSPS) is 10.8. The molecule has 0 unspecified atom stereocenters. The van der Waals surface area contributed by atoms with Crippen molar-refractivity contribution in [3.8, 4) is 5.75 Å². The molecule has 0 spiro atoms. The van der Waals surface area contributed by atoms with Crippen LogP contribution in [0.25, 0.3) is 0 Å². The zero-order valence-corrected chi connectivity index (χ0v) is 15.5. The third-order valence-electron chi connectivity index (χ3n) is 3.79.